The van der Waals surface area contributed by atoms with Gasteiger partial charge in [-0.1, -0.05) is 0 Å². The normalized spacial score (nSPS) is 10.7. The van der Waals surface area contributed by atoms with Crippen molar-refractivity contribution in [2.75, 3.05) is 0 Å². The number of carboxylic acid groups (broad SMARTS) is 1. The van der Waals surface area contributed by atoms with Crippen molar-refractivity contribution in [3.63, 3.8) is 0 Å². The van der Waals surface area contributed by atoms with E-state index in [0.717, 1.165) is 0 Å². The molecule has 0 saturated carbocycles. The number of pyridine rings is 1. The molecule has 0 amide bonds. The average molecular weight is 283 g/mol. The first-order chi connectivity index (χ1) is 10.1. The predicted octanol–water partition coefficient (Wildman–Crippen LogP) is 1.79. The summed E-state index contributed by atoms with van der Waals surface area (Å²) in [6.45, 7) is 0. The Bertz CT molecular complexity index is 913. The zero-order valence-corrected chi connectivity index (χ0v) is 10.6. The lowest BCUT2D eigenvalue weighted by atomic mass is 10.1. The predicted molar refractivity (Wildman–Crippen MR) is 73.8 cm³/mol. The topological polar surface area (TPSA) is 94.4 Å². The number of aromatic carboxylic acids is 1. The Kier molecular flexibility index (Phi) is 2.91. The second-order valence-corrected chi connectivity index (χ2v) is 4.40. The van der Waals surface area contributed by atoms with Crippen LogP contribution in [-0.4, -0.2) is 11.1 Å². The van der Waals surface area contributed by atoms with Crippen LogP contribution < -0.4 is 10.2 Å². The van der Waals surface area contributed by atoms with E-state index >= 15 is 0 Å². The summed E-state index contributed by atoms with van der Waals surface area (Å²) in [5.41, 5.74) is 0.0320. The minimum Gasteiger partial charge on any atom is -0.618 e. The van der Waals surface area contributed by atoms with Crippen LogP contribution in [0.2, 0.25) is 0 Å². The van der Waals surface area contributed by atoms with Gasteiger partial charge >= 0.3 is 5.97 Å². The van der Waals surface area contributed by atoms with Gasteiger partial charge in [-0.3, -0.25) is 4.79 Å². The van der Waals surface area contributed by atoms with E-state index in [-0.39, 0.29) is 28.0 Å². The third-order valence-electron chi connectivity index (χ3n) is 3.05. The highest BCUT2D eigenvalue weighted by molar-refractivity contribution is 5.92. The average Bonchev–Trinajstić information content (AvgIpc) is 2.47. The highest BCUT2D eigenvalue weighted by Crippen LogP contribution is 2.20. The number of fused-ring (bicyclic) bond motifs is 1. The molecule has 1 N–H and O–H groups in total. The summed E-state index contributed by atoms with van der Waals surface area (Å²) in [6.07, 6.45) is 1.30. The molecule has 0 fully saturated rings. The van der Waals surface area contributed by atoms with E-state index in [1.54, 1.807) is 12.1 Å². The molecule has 104 valence electrons. The Morgan fingerprint density at radius 3 is 2.71 bits per heavy atom. The van der Waals surface area contributed by atoms with Crippen LogP contribution in [0.3, 0.4) is 0 Å². The van der Waals surface area contributed by atoms with E-state index in [0.29, 0.717) is 4.73 Å². The fraction of sp³-hybridized carbons (Fsp3) is 0. The fourth-order valence-electron chi connectivity index (χ4n) is 2.03. The van der Waals surface area contributed by atoms with E-state index in [1.807, 2.05) is 0 Å². The van der Waals surface area contributed by atoms with E-state index in [4.69, 9.17) is 9.52 Å². The maximum absolute atomic E-state index is 12.1. The molecule has 2 heterocycles. The SMILES string of the molecule is O=C(O)c1ccc2oc(-c3cccc[n+]3[O-])cc(=O)c2c1. The second kappa shape index (κ2) is 4.75. The molecule has 0 bridgehead atoms. The monoisotopic (exact) mass is 283 g/mol. The van der Waals surface area contributed by atoms with Crippen molar-refractivity contribution in [3.05, 3.63) is 69.7 Å². The van der Waals surface area contributed by atoms with Gasteiger partial charge in [0.15, 0.2) is 11.6 Å². The number of hydrogen-bond acceptors (Lipinski definition) is 4. The highest BCUT2D eigenvalue weighted by atomic mass is 16.5. The lowest BCUT2D eigenvalue weighted by Crippen LogP contribution is -2.28. The van der Waals surface area contributed by atoms with Gasteiger partial charge in [0.25, 0.3) is 5.69 Å². The second-order valence-electron chi connectivity index (χ2n) is 4.40. The summed E-state index contributed by atoms with van der Waals surface area (Å²) in [5.74, 6) is -0.994. The Hall–Kier alpha value is -3.15. The van der Waals surface area contributed by atoms with Crippen LogP contribution in [0, 0.1) is 5.21 Å². The van der Waals surface area contributed by atoms with Crippen molar-refractivity contribution in [3.8, 4) is 11.5 Å². The van der Waals surface area contributed by atoms with Crippen LogP contribution in [0.25, 0.3) is 22.4 Å². The first-order valence-corrected chi connectivity index (χ1v) is 6.06. The van der Waals surface area contributed by atoms with Gasteiger partial charge in [-0.25, -0.2) is 4.79 Å². The summed E-state index contributed by atoms with van der Waals surface area (Å²) >= 11 is 0. The van der Waals surface area contributed by atoms with Crippen molar-refractivity contribution in [1.29, 1.82) is 0 Å². The van der Waals surface area contributed by atoms with Gasteiger partial charge in [-0.15, -0.1) is 0 Å². The van der Waals surface area contributed by atoms with E-state index in [9.17, 15) is 14.8 Å². The molecular formula is C15H9NO5. The van der Waals surface area contributed by atoms with Gasteiger partial charge in [-0.2, -0.15) is 4.73 Å². The zero-order valence-electron chi connectivity index (χ0n) is 10.6. The van der Waals surface area contributed by atoms with Crippen LogP contribution in [0.15, 0.2) is 57.9 Å². The summed E-state index contributed by atoms with van der Waals surface area (Å²) in [4.78, 5) is 23.0. The van der Waals surface area contributed by atoms with Gasteiger partial charge in [0, 0.05) is 18.2 Å². The lowest BCUT2D eigenvalue weighted by Gasteiger charge is -2.04. The molecule has 6 heteroatoms. The Morgan fingerprint density at radius 2 is 2.00 bits per heavy atom. The molecule has 0 spiro atoms. The Morgan fingerprint density at radius 1 is 1.19 bits per heavy atom. The smallest absolute Gasteiger partial charge is 0.335 e. The molecule has 0 radical (unpaired) electrons. The molecule has 0 aliphatic heterocycles. The zero-order chi connectivity index (χ0) is 15.0. The molecular weight excluding hydrogens is 274 g/mol. The molecule has 2 aromatic heterocycles. The van der Waals surface area contributed by atoms with Gasteiger partial charge in [0.1, 0.15) is 5.58 Å². The first-order valence-electron chi connectivity index (χ1n) is 6.06. The Labute approximate surface area is 118 Å². The maximum atomic E-state index is 12.1. The van der Waals surface area contributed by atoms with Crippen molar-refractivity contribution in [2.24, 2.45) is 0 Å². The van der Waals surface area contributed by atoms with Crippen LogP contribution in [0.5, 0.6) is 0 Å². The van der Waals surface area contributed by atoms with E-state index in [1.165, 1.54) is 36.5 Å². The van der Waals surface area contributed by atoms with Crippen LogP contribution in [0.4, 0.5) is 0 Å². The number of rotatable bonds is 2. The van der Waals surface area contributed by atoms with Crippen LogP contribution >= 0.6 is 0 Å². The fourth-order valence-corrected chi connectivity index (χ4v) is 2.03. The number of hydrogen-bond donors (Lipinski definition) is 1. The lowest BCUT2D eigenvalue weighted by molar-refractivity contribution is -0.594. The number of carboxylic acids is 1. The largest absolute Gasteiger partial charge is 0.618 e. The molecule has 3 aromatic rings. The molecule has 0 aliphatic rings. The van der Waals surface area contributed by atoms with Gasteiger partial charge in [0.2, 0.25) is 5.76 Å². The molecule has 1 aromatic carbocycles. The number of aromatic nitrogens is 1. The number of nitrogens with zero attached hydrogens (tertiary/aromatic N) is 1. The molecule has 0 atom stereocenters. The summed E-state index contributed by atoms with van der Waals surface area (Å²) in [7, 11) is 0. The minimum atomic E-state index is -1.12. The number of carbonyl (C=O) groups is 1. The van der Waals surface area contributed by atoms with Crippen molar-refractivity contribution in [1.82, 2.24) is 0 Å². The van der Waals surface area contributed by atoms with Gasteiger partial charge in [0.05, 0.1) is 10.9 Å². The molecule has 0 saturated heterocycles. The van der Waals surface area contributed by atoms with Crippen molar-refractivity contribution < 1.29 is 19.0 Å². The molecule has 6 nitrogen and oxygen atoms in total. The van der Waals surface area contributed by atoms with Crippen LogP contribution in [0.1, 0.15) is 10.4 Å². The summed E-state index contributed by atoms with van der Waals surface area (Å²) < 4.78 is 6.12. The molecule has 21 heavy (non-hydrogen) atoms. The Balaban J connectivity index is 2.26. The molecule has 0 unspecified atom stereocenters. The maximum Gasteiger partial charge on any atom is 0.335 e. The standard InChI is InChI=1S/C15H9NO5/c17-12-8-14(11-3-1-2-6-16(11)20)21-13-5-4-9(15(18)19)7-10(12)13/h1-8H,(H,18,19). The van der Waals surface area contributed by atoms with Crippen molar-refractivity contribution in [2.45, 2.75) is 0 Å². The number of benzene rings is 1. The molecule has 0 aliphatic carbocycles. The first kappa shape index (κ1) is 12.9. The third kappa shape index (κ3) is 2.23. The van der Waals surface area contributed by atoms with E-state index < -0.39 is 11.4 Å². The van der Waals surface area contributed by atoms with Gasteiger partial charge < -0.3 is 14.7 Å². The van der Waals surface area contributed by atoms with Crippen molar-refractivity contribution >= 4 is 16.9 Å². The quantitative estimate of drug-likeness (QED) is 0.571. The van der Waals surface area contributed by atoms with Gasteiger partial charge in [-0.05, 0) is 24.3 Å². The highest BCUT2D eigenvalue weighted by Gasteiger charge is 2.14. The summed E-state index contributed by atoms with van der Waals surface area (Å²) in [5, 5.41) is 20.8. The minimum absolute atomic E-state index is 0.00106. The van der Waals surface area contributed by atoms with E-state index in [2.05, 4.69) is 0 Å². The summed E-state index contributed by atoms with van der Waals surface area (Å²) in [6, 6.07) is 9.93. The molecule has 3 rings (SSSR count). The third-order valence-corrected chi connectivity index (χ3v) is 3.05. The van der Waals surface area contributed by atoms with Crippen LogP contribution in [-0.2, 0) is 0 Å².